The molecule has 0 bridgehead atoms. The fourth-order valence-corrected chi connectivity index (χ4v) is 3.09. The van der Waals surface area contributed by atoms with Crippen LogP contribution in [0.4, 0.5) is 0 Å². The standard InChI is InChI=1S/C15H22N2O2/c1-9(2)7-11-12(15(11,3)4)14-17-16-13(19-14)10-5-6-18-8-10/h7,10-12H,5-6,8H2,1-4H3. The molecule has 1 aliphatic carbocycles. The number of allylic oxidation sites excluding steroid dienone is 2. The summed E-state index contributed by atoms with van der Waals surface area (Å²) in [5.41, 5.74) is 1.58. The van der Waals surface area contributed by atoms with Crippen molar-refractivity contribution in [2.45, 2.75) is 46.0 Å². The van der Waals surface area contributed by atoms with E-state index in [9.17, 15) is 0 Å². The number of hydrogen-bond donors (Lipinski definition) is 0. The first-order valence-electron chi connectivity index (χ1n) is 7.06. The van der Waals surface area contributed by atoms with Crippen molar-refractivity contribution in [3.63, 3.8) is 0 Å². The van der Waals surface area contributed by atoms with Crippen LogP contribution in [0.25, 0.3) is 0 Å². The van der Waals surface area contributed by atoms with Gasteiger partial charge in [-0.3, -0.25) is 0 Å². The lowest BCUT2D eigenvalue weighted by Crippen LogP contribution is -1.97. The average Bonchev–Trinajstić information content (AvgIpc) is 2.84. The van der Waals surface area contributed by atoms with Crippen LogP contribution in [0.2, 0.25) is 0 Å². The Morgan fingerprint density at radius 1 is 1.26 bits per heavy atom. The summed E-state index contributed by atoms with van der Waals surface area (Å²) in [6.45, 7) is 10.3. The third-order valence-corrected chi connectivity index (χ3v) is 4.42. The van der Waals surface area contributed by atoms with Gasteiger partial charge in [-0.2, -0.15) is 0 Å². The maximum atomic E-state index is 5.91. The van der Waals surface area contributed by atoms with Gasteiger partial charge < -0.3 is 9.15 Å². The number of nitrogens with zero attached hydrogens (tertiary/aromatic N) is 2. The van der Waals surface area contributed by atoms with Crippen LogP contribution in [0.5, 0.6) is 0 Å². The van der Waals surface area contributed by atoms with E-state index in [1.807, 2.05) is 0 Å². The summed E-state index contributed by atoms with van der Waals surface area (Å²) in [5, 5.41) is 8.50. The van der Waals surface area contributed by atoms with Gasteiger partial charge in [0.25, 0.3) is 0 Å². The van der Waals surface area contributed by atoms with Gasteiger partial charge in [-0.25, -0.2) is 0 Å². The van der Waals surface area contributed by atoms with Crippen LogP contribution in [-0.4, -0.2) is 23.4 Å². The second kappa shape index (κ2) is 4.44. The Labute approximate surface area is 114 Å². The van der Waals surface area contributed by atoms with Gasteiger partial charge in [-0.05, 0) is 31.6 Å². The third-order valence-electron chi connectivity index (χ3n) is 4.42. The fourth-order valence-electron chi connectivity index (χ4n) is 3.09. The van der Waals surface area contributed by atoms with Crippen molar-refractivity contribution < 1.29 is 9.15 Å². The molecule has 1 aromatic rings. The monoisotopic (exact) mass is 262 g/mol. The molecule has 1 saturated heterocycles. The van der Waals surface area contributed by atoms with E-state index < -0.39 is 0 Å². The van der Waals surface area contributed by atoms with Crippen LogP contribution in [0.1, 0.15) is 57.7 Å². The molecule has 104 valence electrons. The normalized spacial score (nSPS) is 32.3. The molecule has 3 unspecified atom stereocenters. The largest absolute Gasteiger partial charge is 0.425 e. The Balaban J connectivity index is 1.78. The first-order chi connectivity index (χ1) is 9.00. The Hall–Kier alpha value is -1.16. The molecule has 4 nitrogen and oxygen atoms in total. The van der Waals surface area contributed by atoms with Crippen molar-refractivity contribution in [3.05, 3.63) is 23.4 Å². The minimum absolute atomic E-state index is 0.229. The lowest BCUT2D eigenvalue weighted by atomic mass is 10.1. The van der Waals surface area contributed by atoms with Gasteiger partial charge in [0.15, 0.2) is 0 Å². The van der Waals surface area contributed by atoms with Crippen molar-refractivity contribution in [1.29, 1.82) is 0 Å². The molecule has 0 spiro atoms. The molecular weight excluding hydrogens is 240 g/mol. The average molecular weight is 262 g/mol. The highest BCUT2D eigenvalue weighted by molar-refractivity contribution is 5.26. The van der Waals surface area contributed by atoms with Crippen molar-refractivity contribution >= 4 is 0 Å². The second-order valence-corrected chi connectivity index (χ2v) is 6.61. The Morgan fingerprint density at radius 2 is 2.00 bits per heavy atom. The molecule has 0 N–H and O–H groups in total. The molecule has 4 heteroatoms. The van der Waals surface area contributed by atoms with Gasteiger partial charge in [0.1, 0.15) is 0 Å². The molecule has 2 fully saturated rings. The molecule has 1 aromatic heterocycles. The zero-order valence-electron chi connectivity index (χ0n) is 12.1. The number of aromatic nitrogens is 2. The highest BCUT2D eigenvalue weighted by atomic mass is 16.5. The summed E-state index contributed by atoms with van der Waals surface area (Å²) in [6.07, 6.45) is 3.32. The van der Waals surface area contributed by atoms with Gasteiger partial charge in [0.2, 0.25) is 11.8 Å². The third kappa shape index (κ3) is 2.22. The summed E-state index contributed by atoms with van der Waals surface area (Å²) >= 11 is 0. The minimum atomic E-state index is 0.229. The highest BCUT2D eigenvalue weighted by Gasteiger charge is 2.60. The molecule has 1 aliphatic heterocycles. The van der Waals surface area contributed by atoms with Crippen molar-refractivity contribution in [1.82, 2.24) is 10.2 Å². The van der Waals surface area contributed by atoms with Crippen molar-refractivity contribution in [3.8, 4) is 0 Å². The summed E-state index contributed by atoms with van der Waals surface area (Å²) in [5.74, 6) is 2.74. The van der Waals surface area contributed by atoms with E-state index in [0.717, 1.165) is 24.8 Å². The van der Waals surface area contributed by atoms with E-state index in [0.29, 0.717) is 24.4 Å². The lowest BCUT2D eigenvalue weighted by molar-refractivity contribution is 0.190. The van der Waals surface area contributed by atoms with Crippen LogP contribution >= 0.6 is 0 Å². The zero-order valence-corrected chi connectivity index (χ0v) is 12.1. The first-order valence-corrected chi connectivity index (χ1v) is 7.06. The van der Waals surface area contributed by atoms with E-state index in [4.69, 9.17) is 9.15 Å². The van der Waals surface area contributed by atoms with E-state index in [-0.39, 0.29) is 5.41 Å². The maximum Gasteiger partial charge on any atom is 0.222 e. The Kier molecular flexibility index (Phi) is 3.01. The molecule has 2 heterocycles. The SMILES string of the molecule is CC(C)=CC1C(c2nnc(C3CCOC3)o2)C1(C)C. The van der Waals surface area contributed by atoms with Crippen LogP contribution in [-0.2, 0) is 4.74 Å². The number of hydrogen-bond acceptors (Lipinski definition) is 4. The summed E-state index contributed by atoms with van der Waals surface area (Å²) in [4.78, 5) is 0. The molecule has 3 atom stereocenters. The number of ether oxygens (including phenoxy) is 1. The van der Waals surface area contributed by atoms with E-state index >= 15 is 0 Å². The van der Waals surface area contributed by atoms with Gasteiger partial charge in [-0.15, -0.1) is 10.2 Å². The summed E-state index contributed by atoms with van der Waals surface area (Å²) in [7, 11) is 0. The second-order valence-electron chi connectivity index (χ2n) is 6.61. The maximum absolute atomic E-state index is 5.91. The first kappa shape index (κ1) is 12.9. The zero-order chi connectivity index (χ0) is 13.6. The smallest absolute Gasteiger partial charge is 0.222 e. The summed E-state index contributed by atoms with van der Waals surface area (Å²) in [6, 6.07) is 0. The van der Waals surface area contributed by atoms with Gasteiger partial charge >= 0.3 is 0 Å². The van der Waals surface area contributed by atoms with Crippen molar-refractivity contribution in [2.24, 2.45) is 11.3 Å². The molecule has 0 radical (unpaired) electrons. The molecule has 0 amide bonds. The Bertz CT molecular complexity index is 494. The summed E-state index contributed by atoms with van der Waals surface area (Å²) < 4.78 is 11.3. The van der Waals surface area contributed by atoms with Crippen LogP contribution in [0.3, 0.4) is 0 Å². The quantitative estimate of drug-likeness (QED) is 0.784. The predicted molar refractivity (Wildman–Crippen MR) is 71.9 cm³/mol. The van der Waals surface area contributed by atoms with E-state index in [1.54, 1.807) is 0 Å². The molecule has 19 heavy (non-hydrogen) atoms. The predicted octanol–water partition coefficient (Wildman–Crippen LogP) is 3.28. The van der Waals surface area contributed by atoms with E-state index in [2.05, 4.69) is 44.0 Å². The lowest BCUT2D eigenvalue weighted by Gasteiger charge is -1.99. The highest BCUT2D eigenvalue weighted by Crippen LogP contribution is 2.65. The van der Waals surface area contributed by atoms with Crippen molar-refractivity contribution in [2.75, 3.05) is 13.2 Å². The number of rotatable bonds is 3. The molecule has 1 saturated carbocycles. The fraction of sp³-hybridized carbons (Fsp3) is 0.733. The van der Waals surface area contributed by atoms with Crippen LogP contribution < -0.4 is 0 Å². The molecule has 0 aromatic carbocycles. The van der Waals surface area contributed by atoms with Crippen LogP contribution in [0.15, 0.2) is 16.1 Å². The van der Waals surface area contributed by atoms with E-state index in [1.165, 1.54) is 5.57 Å². The molecule has 3 rings (SSSR count). The minimum Gasteiger partial charge on any atom is -0.425 e. The van der Waals surface area contributed by atoms with Gasteiger partial charge in [-0.1, -0.05) is 25.5 Å². The Morgan fingerprint density at radius 3 is 2.63 bits per heavy atom. The van der Waals surface area contributed by atoms with Gasteiger partial charge in [0, 0.05) is 12.5 Å². The van der Waals surface area contributed by atoms with Crippen LogP contribution in [0, 0.1) is 11.3 Å². The molecular formula is C15H22N2O2. The van der Waals surface area contributed by atoms with Gasteiger partial charge in [0.05, 0.1) is 12.5 Å². The molecule has 2 aliphatic rings. The topological polar surface area (TPSA) is 48.2 Å².